The van der Waals surface area contributed by atoms with Crippen molar-refractivity contribution in [3.63, 3.8) is 0 Å². The number of halogens is 1. The molecule has 0 fully saturated rings. The van der Waals surface area contributed by atoms with Crippen LogP contribution in [-0.2, 0) is 0 Å². The number of carboxylic acids is 1. The van der Waals surface area contributed by atoms with Crippen LogP contribution in [0.1, 0.15) is 20.0 Å². The summed E-state index contributed by atoms with van der Waals surface area (Å²) in [5, 5.41) is 12.9. The highest BCUT2D eigenvalue weighted by Gasteiger charge is 2.20. The number of nitrogens with one attached hydrogen (secondary N) is 1. The van der Waals surface area contributed by atoms with E-state index in [1.807, 2.05) is 30.3 Å². The van der Waals surface area contributed by atoms with Crippen LogP contribution in [0.5, 0.6) is 0 Å². The minimum absolute atomic E-state index is 0.0174. The zero-order chi connectivity index (χ0) is 17.1. The number of carboxylic acid groups (broad SMARTS) is 1. The normalized spacial score (nSPS) is 10.4. The van der Waals surface area contributed by atoms with Gasteiger partial charge in [-0.15, -0.1) is 11.3 Å². The molecule has 1 amide bonds. The van der Waals surface area contributed by atoms with Crippen LogP contribution in [0.3, 0.4) is 0 Å². The quantitative estimate of drug-likeness (QED) is 0.723. The average Bonchev–Trinajstić information content (AvgIpc) is 3.00. The van der Waals surface area contributed by atoms with Gasteiger partial charge in [-0.25, -0.2) is 9.78 Å². The van der Waals surface area contributed by atoms with Crippen molar-refractivity contribution in [1.82, 2.24) is 4.98 Å². The van der Waals surface area contributed by atoms with Crippen LogP contribution in [0, 0.1) is 0 Å². The second-order valence-corrected chi connectivity index (χ2v) is 6.26. The number of aromatic carboxylic acids is 1. The fourth-order valence-corrected chi connectivity index (χ4v) is 3.03. The van der Waals surface area contributed by atoms with E-state index < -0.39 is 11.9 Å². The molecule has 0 saturated carbocycles. The lowest BCUT2D eigenvalue weighted by atomic mass is 10.2. The minimum Gasteiger partial charge on any atom is -0.477 e. The largest absolute Gasteiger partial charge is 0.477 e. The molecular formula is C17H11ClN2O3S. The second kappa shape index (κ2) is 6.82. The summed E-state index contributed by atoms with van der Waals surface area (Å²) >= 11 is 6.81. The van der Waals surface area contributed by atoms with Gasteiger partial charge >= 0.3 is 5.97 Å². The lowest BCUT2D eigenvalue weighted by molar-refractivity contribution is 0.0703. The first-order valence-electron chi connectivity index (χ1n) is 6.91. The Morgan fingerprint density at radius 1 is 1.04 bits per heavy atom. The number of nitrogens with zero attached hydrogens (tertiary/aromatic N) is 1. The fourth-order valence-electron chi connectivity index (χ4n) is 2.03. The Morgan fingerprint density at radius 2 is 1.71 bits per heavy atom. The molecule has 0 radical (unpaired) electrons. The van der Waals surface area contributed by atoms with Crippen LogP contribution >= 0.6 is 22.9 Å². The molecule has 3 rings (SSSR count). The van der Waals surface area contributed by atoms with Gasteiger partial charge in [-0.3, -0.25) is 4.79 Å². The third-order valence-electron chi connectivity index (χ3n) is 3.18. The standard InChI is InChI=1S/C17H11ClN2O3S/c18-12-8-6-10(7-9-12)15(21)19-14-13(17(22)23)24-16(20-14)11-4-2-1-3-5-11/h1-9H,(H,19,21)(H,22,23). The number of carbonyl (C=O) groups excluding carboxylic acids is 1. The van der Waals surface area contributed by atoms with Crippen molar-refractivity contribution in [3.05, 3.63) is 70.1 Å². The van der Waals surface area contributed by atoms with Gasteiger partial charge in [0, 0.05) is 16.1 Å². The van der Waals surface area contributed by atoms with Gasteiger partial charge in [0.1, 0.15) is 5.01 Å². The molecule has 0 bridgehead atoms. The Morgan fingerprint density at radius 3 is 2.33 bits per heavy atom. The molecule has 5 nitrogen and oxygen atoms in total. The van der Waals surface area contributed by atoms with Crippen molar-refractivity contribution in [2.24, 2.45) is 0 Å². The topological polar surface area (TPSA) is 79.3 Å². The summed E-state index contributed by atoms with van der Waals surface area (Å²) in [5.74, 6) is -1.55. The predicted molar refractivity (Wildman–Crippen MR) is 93.9 cm³/mol. The summed E-state index contributed by atoms with van der Waals surface area (Å²) in [6, 6.07) is 15.5. The minimum atomic E-state index is -1.14. The average molecular weight is 359 g/mol. The third kappa shape index (κ3) is 3.45. The van der Waals surface area contributed by atoms with E-state index in [-0.39, 0.29) is 10.7 Å². The molecule has 0 atom stereocenters. The molecule has 0 aliphatic carbocycles. The van der Waals surface area contributed by atoms with Gasteiger partial charge < -0.3 is 10.4 Å². The molecule has 2 N–H and O–H groups in total. The molecular weight excluding hydrogens is 348 g/mol. The van der Waals surface area contributed by atoms with Crippen molar-refractivity contribution in [2.75, 3.05) is 5.32 Å². The fraction of sp³-hybridized carbons (Fsp3) is 0. The molecule has 0 saturated heterocycles. The molecule has 3 aromatic rings. The van der Waals surface area contributed by atoms with Gasteiger partial charge in [0.2, 0.25) is 0 Å². The Kier molecular flexibility index (Phi) is 4.59. The zero-order valence-corrected chi connectivity index (χ0v) is 13.8. The maximum Gasteiger partial charge on any atom is 0.349 e. The number of carbonyl (C=O) groups is 2. The van der Waals surface area contributed by atoms with E-state index in [1.165, 1.54) is 0 Å². The van der Waals surface area contributed by atoms with Crippen molar-refractivity contribution in [2.45, 2.75) is 0 Å². The maximum atomic E-state index is 12.3. The Labute approximate surface area is 146 Å². The molecule has 1 heterocycles. The molecule has 0 aliphatic rings. The first-order valence-corrected chi connectivity index (χ1v) is 8.10. The number of rotatable bonds is 4. The second-order valence-electron chi connectivity index (χ2n) is 4.83. The van der Waals surface area contributed by atoms with E-state index in [0.717, 1.165) is 16.9 Å². The highest BCUT2D eigenvalue weighted by Crippen LogP contribution is 2.31. The summed E-state index contributed by atoms with van der Waals surface area (Å²) < 4.78 is 0. The van der Waals surface area contributed by atoms with Crippen LogP contribution in [0.4, 0.5) is 5.82 Å². The molecule has 24 heavy (non-hydrogen) atoms. The molecule has 0 spiro atoms. The predicted octanol–water partition coefficient (Wildman–Crippen LogP) is 4.41. The lowest BCUT2D eigenvalue weighted by Gasteiger charge is -2.03. The lowest BCUT2D eigenvalue weighted by Crippen LogP contribution is -2.14. The Bertz CT molecular complexity index is 892. The first-order chi connectivity index (χ1) is 11.5. The molecule has 2 aromatic carbocycles. The maximum absolute atomic E-state index is 12.3. The van der Waals surface area contributed by atoms with Crippen LogP contribution in [-0.4, -0.2) is 22.0 Å². The van der Waals surface area contributed by atoms with Gasteiger partial charge in [-0.1, -0.05) is 41.9 Å². The number of thiazole rings is 1. The monoisotopic (exact) mass is 358 g/mol. The van der Waals surface area contributed by atoms with Crippen molar-refractivity contribution in [1.29, 1.82) is 0 Å². The van der Waals surface area contributed by atoms with Gasteiger partial charge in [-0.05, 0) is 24.3 Å². The highest BCUT2D eigenvalue weighted by molar-refractivity contribution is 7.17. The molecule has 0 unspecified atom stereocenters. The highest BCUT2D eigenvalue weighted by atomic mass is 35.5. The summed E-state index contributed by atoms with van der Waals surface area (Å²) in [6.45, 7) is 0. The molecule has 1 aromatic heterocycles. The number of aromatic nitrogens is 1. The summed E-state index contributed by atoms with van der Waals surface area (Å²) in [4.78, 5) is 27.9. The van der Waals surface area contributed by atoms with E-state index >= 15 is 0 Å². The summed E-state index contributed by atoms with van der Waals surface area (Å²) in [5.41, 5.74) is 1.15. The number of hydrogen-bond acceptors (Lipinski definition) is 4. The molecule has 120 valence electrons. The number of anilines is 1. The van der Waals surface area contributed by atoms with Crippen molar-refractivity contribution >= 4 is 40.6 Å². The number of hydrogen-bond donors (Lipinski definition) is 2. The smallest absolute Gasteiger partial charge is 0.349 e. The van der Waals surface area contributed by atoms with Crippen LogP contribution in [0.2, 0.25) is 5.02 Å². The van der Waals surface area contributed by atoms with Crippen molar-refractivity contribution < 1.29 is 14.7 Å². The summed E-state index contributed by atoms with van der Waals surface area (Å²) in [7, 11) is 0. The van der Waals surface area contributed by atoms with E-state index in [0.29, 0.717) is 15.6 Å². The van der Waals surface area contributed by atoms with E-state index in [9.17, 15) is 14.7 Å². The number of amides is 1. The summed E-state index contributed by atoms with van der Waals surface area (Å²) in [6.07, 6.45) is 0. The Balaban J connectivity index is 1.92. The van der Waals surface area contributed by atoms with Crippen LogP contribution in [0.15, 0.2) is 54.6 Å². The molecule has 7 heteroatoms. The SMILES string of the molecule is O=C(Nc1nc(-c2ccccc2)sc1C(=O)O)c1ccc(Cl)cc1. The van der Waals surface area contributed by atoms with Gasteiger partial charge in [0.05, 0.1) is 0 Å². The Hall–Kier alpha value is -2.70. The first kappa shape index (κ1) is 16.2. The van der Waals surface area contributed by atoms with Gasteiger partial charge in [-0.2, -0.15) is 0 Å². The van der Waals surface area contributed by atoms with E-state index in [4.69, 9.17) is 11.6 Å². The zero-order valence-electron chi connectivity index (χ0n) is 12.2. The van der Waals surface area contributed by atoms with E-state index in [2.05, 4.69) is 10.3 Å². The number of benzene rings is 2. The van der Waals surface area contributed by atoms with Crippen LogP contribution in [0.25, 0.3) is 10.6 Å². The molecule has 0 aliphatic heterocycles. The van der Waals surface area contributed by atoms with Crippen molar-refractivity contribution in [3.8, 4) is 10.6 Å². The van der Waals surface area contributed by atoms with Gasteiger partial charge in [0.15, 0.2) is 10.7 Å². The van der Waals surface area contributed by atoms with Gasteiger partial charge in [0.25, 0.3) is 5.91 Å². The van der Waals surface area contributed by atoms with E-state index in [1.54, 1.807) is 24.3 Å². The third-order valence-corrected chi connectivity index (χ3v) is 4.52. The van der Waals surface area contributed by atoms with Crippen LogP contribution < -0.4 is 5.32 Å².